The van der Waals surface area contributed by atoms with E-state index in [0.717, 1.165) is 37.0 Å². The van der Waals surface area contributed by atoms with Gasteiger partial charge >= 0.3 is 11.8 Å². The normalized spacial score (nSPS) is 16.7. The van der Waals surface area contributed by atoms with Crippen molar-refractivity contribution in [2.75, 3.05) is 19.7 Å². The lowest BCUT2D eigenvalue weighted by atomic mass is 10.1. The van der Waals surface area contributed by atoms with Gasteiger partial charge in [-0.25, -0.2) is 9.59 Å². The highest BCUT2D eigenvalue weighted by atomic mass is 16.6. The molecule has 1 fully saturated rings. The van der Waals surface area contributed by atoms with Crippen LogP contribution in [0.3, 0.4) is 0 Å². The largest absolute Gasteiger partial charge is 0.448 e. The molecule has 1 amide bonds. The summed E-state index contributed by atoms with van der Waals surface area (Å²) in [5, 5.41) is 0. The topological polar surface area (TPSA) is 70.6 Å². The van der Waals surface area contributed by atoms with Crippen LogP contribution >= 0.6 is 0 Å². The molecule has 4 aromatic rings. The van der Waals surface area contributed by atoms with E-state index in [1.807, 2.05) is 60.7 Å². The third kappa shape index (κ3) is 5.94. The number of H-pyrrole nitrogens is 1. The third-order valence-corrected chi connectivity index (χ3v) is 7.17. The lowest BCUT2D eigenvalue weighted by Gasteiger charge is -2.34. The molecule has 5 rings (SSSR count). The Bertz CT molecular complexity index is 1320. The Morgan fingerprint density at radius 3 is 2.27 bits per heavy atom. The van der Waals surface area contributed by atoms with E-state index in [2.05, 4.69) is 41.1 Å². The zero-order valence-corrected chi connectivity index (χ0v) is 21.3. The number of hydrogen-bond donors (Lipinski definition) is 1. The van der Waals surface area contributed by atoms with Gasteiger partial charge in [-0.05, 0) is 43.0 Å². The first-order chi connectivity index (χ1) is 18.1. The molecule has 1 N–H and O–H groups in total. The number of ether oxygens (including phenoxy) is 1. The summed E-state index contributed by atoms with van der Waals surface area (Å²) in [6.07, 6.45) is 1.36. The van der Waals surface area contributed by atoms with Crippen LogP contribution in [0.15, 0.2) is 89.7 Å². The maximum Gasteiger partial charge on any atom is 0.409 e. The minimum absolute atomic E-state index is 0.0289. The molecule has 0 aliphatic carbocycles. The van der Waals surface area contributed by atoms with Gasteiger partial charge in [-0.1, -0.05) is 72.8 Å². The number of piperidine rings is 1. The SMILES string of the molecule is CC(COC(=O)N1CCCC(n2c(=O)[nH]c3ccccc32)C1)N(Cc1ccccc1)Cc1ccccc1. The minimum atomic E-state index is -0.316. The zero-order chi connectivity index (χ0) is 25.6. The quantitative estimate of drug-likeness (QED) is 0.363. The highest BCUT2D eigenvalue weighted by molar-refractivity contribution is 5.75. The smallest absolute Gasteiger partial charge is 0.409 e. The molecule has 1 aliphatic rings. The van der Waals surface area contributed by atoms with Gasteiger partial charge in [0.15, 0.2) is 0 Å². The van der Waals surface area contributed by atoms with Gasteiger partial charge in [-0.15, -0.1) is 0 Å². The number of carbonyl (C=O) groups excluding carboxylic acids is 1. The molecule has 0 saturated carbocycles. The molecular weight excluding hydrogens is 464 g/mol. The van der Waals surface area contributed by atoms with Crippen LogP contribution < -0.4 is 5.69 Å². The first-order valence-electron chi connectivity index (χ1n) is 13.0. The van der Waals surface area contributed by atoms with Gasteiger partial charge in [0, 0.05) is 32.2 Å². The third-order valence-electron chi connectivity index (χ3n) is 7.17. The lowest BCUT2D eigenvalue weighted by molar-refractivity contribution is 0.0549. The van der Waals surface area contributed by atoms with Gasteiger partial charge in [0.25, 0.3) is 0 Å². The second-order valence-corrected chi connectivity index (χ2v) is 9.86. The number of carbonyl (C=O) groups is 1. The van der Waals surface area contributed by atoms with Crippen molar-refractivity contribution >= 4 is 17.1 Å². The van der Waals surface area contributed by atoms with Crippen molar-refractivity contribution < 1.29 is 9.53 Å². The van der Waals surface area contributed by atoms with E-state index in [-0.39, 0.29) is 23.9 Å². The first-order valence-corrected chi connectivity index (χ1v) is 13.0. The van der Waals surface area contributed by atoms with Crippen molar-refractivity contribution in [3.8, 4) is 0 Å². The van der Waals surface area contributed by atoms with Crippen molar-refractivity contribution in [2.45, 2.75) is 44.9 Å². The van der Waals surface area contributed by atoms with Crippen LogP contribution in [0.5, 0.6) is 0 Å². The van der Waals surface area contributed by atoms with E-state index in [4.69, 9.17) is 4.74 Å². The van der Waals surface area contributed by atoms with Gasteiger partial charge in [0.1, 0.15) is 6.61 Å². The number of aromatic amines is 1. The average Bonchev–Trinajstić information content (AvgIpc) is 3.28. The van der Waals surface area contributed by atoms with Crippen molar-refractivity contribution in [1.82, 2.24) is 19.4 Å². The number of nitrogens with one attached hydrogen (secondary N) is 1. The molecule has 3 aromatic carbocycles. The molecule has 2 atom stereocenters. The summed E-state index contributed by atoms with van der Waals surface area (Å²) in [5.74, 6) is 0. The summed E-state index contributed by atoms with van der Waals surface area (Å²) in [7, 11) is 0. The number of benzene rings is 3. The van der Waals surface area contributed by atoms with E-state index in [0.29, 0.717) is 19.7 Å². The minimum Gasteiger partial charge on any atom is -0.448 e. The molecule has 2 unspecified atom stereocenters. The van der Waals surface area contributed by atoms with Crippen LogP contribution in [0.25, 0.3) is 11.0 Å². The highest BCUT2D eigenvalue weighted by Gasteiger charge is 2.28. The molecule has 0 radical (unpaired) electrons. The maximum atomic E-state index is 13.1. The van der Waals surface area contributed by atoms with Gasteiger partial charge in [0.2, 0.25) is 0 Å². The molecule has 1 aromatic heterocycles. The Morgan fingerprint density at radius 2 is 1.59 bits per heavy atom. The molecule has 1 aliphatic heterocycles. The molecule has 2 heterocycles. The van der Waals surface area contributed by atoms with E-state index >= 15 is 0 Å². The molecule has 37 heavy (non-hydrogen) atoms. The Hall–Kier alpha value is -3.84. The fourth-order valence-electron chi connectivity index (χ4n) is 5.16. The molecule has 0 bridgehead atoms. The fourth-order valence-corrected chi connectivity index (χ4v) is 5.16. The summed E-state index contributed by atoms with van der Waals surface area (Å²) in [6.45, 7) is 5.04. The van der Waals surface area contributed by atoms with Gasteiger partial charge < -0.3 is 14.6 Å². The summed E-state index contributed by atoms with van der Waals surface area (Å²) in [4.78, 5) is 32.8. The van der Waals surface area contributed by atoms with Crippen molar-refractivity contribution in [3.05, 3.63) is 107 Å². The van der Waals surface area contributed by atoms with Gasteiger partial charge in [-0.3, -0.25) is 9.47 Å². The fraction of sp³-hybridized carbons (Fsp3) is 0.333. The lowest BCUT2D eigenvalue weighted by Crippen LogP contribution is -2.44. The second-order valence-electron chi connectivity index (χ2n) is 9.86. The number of fused-ring (bicyclic) bond motifs is 1. The van der Waals surface area contributed by atoms with Gasteiger partial charge in [0.05, 0.1) is 17.1 Å². The standard InChI is InChI=1S/C30H34N4O3/c1-23(33(19-24-11-4-2-5-12-24)20-25-13-6-3-7-14-25)22-37-30(36)32-18-10-15-26(21-32)34-28-17-9-8-16-27(28)31-29(34)35/h2-9,11-14,16-17,23,26H,10,15,18-22H2,1H3,(H,31,35). The van der Waals surface area contributed by atoms with E-state index in [9.17, 15) is 9.59 Å². The summed E-state index contributed by atoms with van der Waals surface area (Å²) in [6, 6.07) is 28.4. The number of rotatable bonds is 8. The Balaban J connectivity index is 1.23. The predicted octanol–water partition coefficient (Wildman–Crippen LogP) is 5.19. The van der Waals surface area contributed by atoms with Crippen LogP contribution in [-0.4, -0.2) is 51.2 Å². The number of likely N-dealkylation sites (tertiary alicyclic amines) is 1. The van der Waals surface area contributed by atoms with Crippen molar-refractivity contribution in [3.63, 3.8) is 0 Å². The first kappa shape index (κ1) is 24.8. The van der Waals surface area contributed by atoms with Crippen LogP contribution in [0, 0.1) is 0 Å². The number of amides is 1. The Labute approximate surface area is 217 Å². The maximum absolute atomic E-state index is 13.1. The van der Waals surface area contributed by atoms with Gasteiger partial charge in [-0.2, -0.15) is 0 Å². The summed E-state index contributed by atoms with van der Waals surface area (Å²) in [5.41, 5.74) is 4.00. The predicted molar refractivity (Wildman–Crippen MR) is 145 cm³/mol. The number of imidazole rings is 1. The molecular formula is C30H34N4O3. The highest BCUT2D eigenvalue weighted by Crippen LogP contribution is 2.24. The molecule has 7 nitrogen and oxygen atoms in total. The molecule has 1 saturated heterocycles. The van der Waals surface area contributed by atoms with Crippen LogP contribution in [0.1, 0.15) is 36.9 Å². The number of nitrogens with zero attached hydrogens (tertiary/aromatic N) is 3. The zero-order valence-electron chi connectivity index (χ0n) is 21.3. The monoisotopic (exact) mass is 498 g/mol. The number of para-hydroxylation sites is 2. The van der Waals surface area contributed by atoms with Crippen molar-refractivity contribution in [1.29, 1.82) is 0 Å². The van der Waals surface area contributed by atoms with Crippen LogP contribution in [-0.2, 0) is 17.8 Å². The number of aromatic nitrogens is 2. The van der Waals surface area contributed by atoms with E-state index in [1.165, 1.54) is 11.1 Å². The average molecular weight is 499 g/mol. The molecule has 7 heteroatoms. The van der Waals surface area contributed by atoms with E-state index < -0.39 is 0 Å². The van der Waals surface area contributed by atoms with Crippen molar-refractivity contribution in [2.24, 2.45) is 0 Å². The van der Waals surface area contributed by atoms with Crippen LogP contribution in [0.2, 0.25) is 0 Å². The summed E-state index contributed by atoms with van der Waals surface area (Å²) < 4.78 is 7.62. The second kappa shape index (κ2) is 11.5. The van der Waals surface area contributed by atoms with E-state index in [1.54, 1.807) is 9.47 Å². The van der Waals surface area contributed by atoms with Crippen LogP contribution in [0.4, 0.5) is 4.79 Å². The Morgan fingerprint density at radius 1 is 0.973 bits per heavy atom. The Kier molecular flexibility index (Phi) is 7.70. The molecule has 192 valence electrons. The number of hydrogen-bond acceptors (Lipinski definition) is 4. The molecule has 0 spiro atoms. The summed E-state index contributed by atoms with van der Waals surface area (Å²) >= 11 is 0.